The third-order valence-electron chi connectivity index (χ3n) is 4.88. The highest BCUT2D eigenvalue weighted by atomic mass is 16.5. The monoisotopic (exact) mass is 273 g/mol. The summed E-state index contributed by atoms with van der Waals surface area (Å²) in [6.07, 6.45) is 4.66. The number of nitrogens with zero attached hydrogens (tertiary/aromatic N) is 2. The van der Waals surface area contributed by atoms with Crippen molar-refractivity contribution in [2.24, 2.45) is 12.8 Å². The highest BCUT2D eigenvalue weighted by Gasteiger charge is 2.39. The van der Waals surface area contributed by atoms with Gasteiger partial charge < -0.3 is 15.0 Å². The van der Waals surface area contributed by atoms with E-state index >= 15 is 0 Å². The smallest absolute Gasteiger partial charge is 0.121 e. The largest absolute Gasteiger partial charge is 0.497 e. The van der Waals surface area contributed by atoms with Gasteiger partial charge in [0.1, 0.15) is 11.6 Å². The molecular weight excluding hydrogens is 250 g/mol. The van der Waals surface area contributed by atoms with Crippen LogP contribution in [0.3, 0.4) is 0 Å². The first-order valence-corrected chi connectivity index (χ1v) is 7.33. The van der Waals surface area contributed by atoms with E-state index in [1.807, 2.05) is 12.1 Å². The van der Waals surface area contributed by atoms with Crippen molar-refractivity contribution in [3.8, 4) is 5.75 Å². The molecule has 0 amide bonds. The third kappa shape index (κ3) is 1.90. The Morgan fingerprint density at radius 3 is 2.90 bits per heavy atom. The summed E-state index contributed by atoms with van der Waals surface area (Å²) < 4.78 is 7.48. The Bertz CT molecular complexity index is 634. The fraction of sp³-hybridized carbons (Fsp3) is 0.562. The topological polar surface area (TPSA) is 53.1 Å². The second kappa shape index (κ2) is 4.77. The standard InChI is InChI=1S/C16H23N3O/c1-16(9-5-4-6-14(16)17)15-18-12-10-11(20-3)7-8-13(12)19(15)2/h7-8,10,14H,4-6,9,17H2,1-3H3. The zero-order valence-electron chi connectivity index (χ0n) is 12.5. The maximum absolute atomic E-state index is 6.41. The van der Waals surface area contributed by atoms with E-state index in [1.165, 1.54) is 12.8 Å². The van der Waals surface area contributed by atoms with E-state index in [9.17, 15) is 0 Å². The van der Waals surface area contributed by atoms with Crippen LogP contribution in [0.2, 0.25) is 0 Å². The molecule has 0 aliphatic heterocycles. The van der Waals surface area contributed by atoms with Crippen molar-refractivity contribution in [1.29, 1.82) is 0 Å². The Balaban J connectivity index is 2.13. The molecule has 2 unspecified atom stereocenters. The first-order valence-electron chi connectivity index (χ1n) is 7.33. The lowest BCUT2D eigenvalue weighted by atomic mass is 9.71. The number of methoxy groups -OCH3 is 1. The van der Waals surface area contributed by atoms with Gasteiger partial charge in [0.2, 0.25) is 0 Å². The van der Waals surface area contributed by atoms with E-state index in [0.717, 1.165) is 35.4 Å². The number of benzene rings is 1. The molecule has 1 aromatic heterocycles. The first-order chi connectivity index (χ1) is 9.56. The highest BCUT2D eigenvalue weighted by molar-refractivity contribution is 5.78. The summed E-state index contributed by atoms with van der Waals surface area (Å²) in [6.45, 7) is 2.26. The van der Waals surface area contributed by atoms with E-state index < -0.39 is 0 Å². The van der Waals surface area contributed by atoms with Crippen molar-refractivity contribution in [2.75, 3.05) is 7.11 Å². The minimum atomic E-state index is -0.0285. The Labute approximate surface area is 119 Å². The number of hydrogen-bond acceptors (Lipinski definition) is 3. The maximum Gasteiger partial charge on any atom is 0.121 e. The van der Waals surface area contributed by atoms with Gasteiger partial charge in [-0.2, -0.15) is 0 Å². The minimum Gasteiger partial charge on any atom is -0.497 e. The van der Waals surface area contributed by atoms with Gasteiger partial charge in [0.05, 0.1) is 18.1 Å². The SMILES string of the molecule is COc1ccc2c(c1)nc(C1(C)CCCCC1N)n2C. The van der Waals surface area contributed by atoms with Gasteiger partial charge in [-0.05, 0) is 25.0 Å². The predicted octanol–water partition coefficient (Wildman–Crippen LogP) is 2.74. The van der Waals surface area contributed by atoms with Crippen LogP contribution in [-0.4, -0.2) is 22.7 Å². The third-order valence-corrected chi connectivity index (χ3v) is 4.88. The van der Waals surface area contributed by atoms with Gasteiger partial charge in [0, 0.05) is 24.6 Å². The summed E-state index contributed by atoms with van der Waals surface area (Å²) in [7, 11) is 3.77. The van der Waals surface area contributed by atoms with E-state index in [2.05, 4.69) is 24.6 Å². The summed E-state index contributed by atoms with van der Waals surface area (Å²) >= 11 is 0. The van der Waals surface area contributed by atoms with Crippen LogP contribution in [0.15, 0.2) is 18.2 Å². The summed E-state index contributed by atoms with van der Waals surface area (Å²) in [5, 5.41) is 0. The second-order valence-electron chi connectivity index (χ2n) is 6.12. The summed E-state index contributed by atoms with van der Waals surface area (Å²) in [5.41, 5.74) is 8.51. The summed E-state index contributed by atoms with van der Waals surface area (Å²) in [4.78, 5) is 4.87. The Morgan fingerprint density at radius 2 is 2.20 bits per heavy atom. The number of ether oxygens (including phenoxy) is 1. The van der Waals surface area contributed by atoms with Gasteiger partial charge in [0.15, 0.2) is 0 Å². The van der Waals surface area contributed by atoms with E-state index in [-0.39, 0.29) is 11.5 Å². The fourth-order valence-corrected chi connectivity index (χ4v) is 3.46. The normalized spacial score (nSPS) is 26.9. The molecule has 1 aliphatic rings. The molecule has 1 fully saturated rings. The molecule has 2 atom stereocenters. The van der Waals surface area contributed by atoms with Crippen molar-refractivity contribution in [2.45, 2.75) is 44.1 Å². The van der Waals surface area contributed by atoms with Crippen LogP contribution in [0.5, 0.6) is 5.75 Å². The molecule has 1 saturated carbocycles. The van der Waals surface area contributed by atoms with Crippen LogP contribution in [-0.2, 0) is 12.5 Å². The molecular formula is C16H23N3O. The molecule has 4 heteroatoms. The lowest BCUT2D eigenvalue weighted by molar-refractivity contribution is 0.254. The number of imidazole rings is 1. The average molecular weight is 273 g/mol. The van der Waals surface area contributed by atoms with E-state index in [4.69, 9.17) is 15.5 Å². The second-order valence-corrected chi connectivity index (χ2v) is 6.12. The Morgan fingerprint density at radius 1 is 1.40 bits per heavy atom. The molecule has 0 spiro atoms. The zero-order chi connectivity index (χ0) is 14.3. The number of fused-ring (bicyclic) bond motifs is 1. The van der Waals surface area contributed by atoms with Crippen molar-refractivity contribution in [3.63, 3.8) is 0 Å². The van der Waals surface area contributed by atoms with Crippen LogP contribution in [0.25, 0.3) is 11.0 Å². The number of hydrogen-bond donors (Lipinski definition) is 1. The van der Waals surface area contributed by atoms with Crippen LogP contribution in [0.4, 0.5) is 0 Å². The number of rotatable bonds is 2. The van der Waals surface area contributed by atoms with Crippen LogP contribution < -0.4 is 10.5 Å². The quantitative estimate of drug-likeness (QED) is 0.915. The predicted molar refractivity (Wildman–Crippen MR) is 81.1 cm³/mol. The van der Waals surface area contributed by atoms with Crippen LogP contribution in [0.1, 0.15) is 38.4 Å². The minimum absolute atomic E-state index is 0.0285. The first kappa shape index (κ1) is 13.4. The number of aromatic nitrogens is 2. The van der Waals surface area contributed by atoms with Gasteiger partial charge in [-0.25, -0.2) is 4.98 Å². The van der Waals surface area contributed by atoms with E-state index in [1.54, 1.807) is 7.11 Å². The highest BCUT2D eigenvalue weighted by Crippen LogP contribution is 2.38. The average Bonchev–Trinajstić information content (AvgIpc) is 2.79. The lowest BCUT2D eigenvalue weighted by Gasteiger charge is -2.38. The van der Waals surface area contributed by atoms with Crippen molar-refractivity contribution >= 4 is 11.0 Å². The Hall–Kier alpha value is -1.55. The molecule has 20 heavy (non-hydrogen) atoms. The van der Waals surface area contributed by atoms with Gasteiger partial charge in [-0.3, -0.25) is 0 Å². The van der Waals surface area contributed by atoms with Crippen molar-refractivity contribution in [1.82, 2.24) is 9.55 Å². The molecule has 2 aromatic rings. The summed E-state index contributed by atoms with van der Waals surface area (Å²) in [5.74, 6) is 1.95. The van der Waals surface area contributed by atoms with Crippen molar-refractivity contribution in [3.05, 3.63) is 24.0 Å². The molecule has 1 aromatic carbocycles. The Kier molecular flexibility index (Phi) is 3.21. The van der Waals surface area contributed by atoms with Gasteiger partial charge >= 0.3 is 0 Å². The molecule has 3 rings (SSSR count). The molecule has 108 valence electrons. The molecule has 0 radical (unpaired) electrons. The molecule has 4 nitrogen and oxygen atoms in total. The molecule has 0 saturated heterocycles. The zero-order valence-corrected chi connectivity index (χ0v) is 12.5. The van der Waals surface area contributed by atoms with Crippen molar-refractivity contribution < 1.29 is 4.74 Å². The van der Waals surface area contributed by atoms with Gasteiger partial charge in [0.25, 0.3) is 0 Å². The summed E-state index contributed by atoms with van der Waals surface area (Å²) in [6, 6.07) is 6.24. The molecule has 0 bridgehead atoms. The van der Waals surface area contributed by atoms with Gasteiger partial charge in [-0.1, -0.05) is 19.8 Å². The van der Waals surface area contributed by atoms with Crippen LogP contribution in [0, 0.1) is 0 Å². The molecule has 1 aliphatic carbocycles. The van der Waals surface area contributed by atoms with Crippen LogP contribution >= 0.6 is 0 Å². The maximum atomic E-state index is 6.41. The lowest BCUT2D eigenvalue weighted by Crippen LogP contribution is -2.47. The molecule has 2 N–H and O–H groups in total. The fourth-order valence-electron chi connectivity index (χ4n) is 3.46. The van der Waals surface area contributed by atoms with E-state index in [0.29, 0.717) is 0 Å². The van der Waals surface area contributed by atoms with Gasteiger partial charge in [-0.15, -0.1) is 0 Å². The number of nitrogens with two attached hydrogens (primary N) is 1. The number of aryl methyl sites for hydroxylation is 1. The molecule has 1 heterocycles.